The summed E-state index contributed by atoms with van der Waals surface area (Å²) in [7, 11) is 6.64. The summed E-state index contributed by atoms with van der Waals surface area (Å²) < 4.78 is 41.4. The number of benzene rings is 3. The quantitative estimate of drug-likeness (QED) is 0.364. The molecule has 2 atom stereocenters. The van der Waals surface area contributed by atoms with Crippen molar-refractivity contribution in [2.45, 2.75) is 51.7 Å². The first-order valence-corrected chi connectivity index (χ1v) is 16.4. The van der Waals surface area contributed by atoms with Gasteiger partial charge in [-0.3, -0.25) is 4.90 Å². The molecule has 3 aromatic carbocycles. The molecule has 7 rings (SSSR count). The Morgan fingerprint density at radius 2 is 1.51 bits per heavy atom. The number of methoxy groups -OCH3 is 4. The molecule has 0 fully saturated rings. The predicted molar refractivity (Wildman–Crippen MR) is 184 cm³/mol. The Bertz CT molecular complexity index is 1840. The second-order valence-electron chi connectivity index (χ2n) is 13.5. The first-order valence-electron chi connectivity index (χ1n) is 16.4. The van der Waals surface area contributed by atoms with Crippen LogP contribution in [0, 0.1) is 0 Å². The fourth-order valence-electron chi connectivity index (χ4n) is 7.14. The van der Waals surface area contributed by atoms with Crippen LogP contribution >= 0.6 is 0 Å². The van der Waals surface area contributed by atoms with Crippen molar-refractivity contribution in [1.82, 2.24) is 0 Å². The Morgan fingerprint density at radius 3 is 2.14 bits per heavy atom. The largest absolute Gasteiger partial charge is 1.00 e. The molecular formula is C40H44BrNO7. The van der Waals surface area contributed by atoms with Crippen LogP contribution in [0.5, 0.6) is 28.7 Å². The molecule has 3 aliphatic heterocycles. The number of halogens is 1. The molecule has 1 N–H and O–H groups in total. The third kappa shape index (κ3) is 6.47. The van der Waals surface area contributed by atoms with E-state index >= 15 is 0 Å². The van der Waals surface area contributed by atoms with Crippen LogP contribution < -0.4 is 45.6 Å². The lowest BCUT2D eigenvalue weighted by atomic mass is 9.79. The third-order valence-electron chi connectivity index (χ3n) is 9.65. The topological polar surface area (TPSA) is 69.1 Å². The summed E-state index contributed by atoms with van der Waals surface area (Å²) in [6.07, 6.45) is 7.71. The van der Waals surface area contributed by atoms with Crippen molar-refractivity contribution in [3.05, 3.63) is 117 Å². The molecule has 4 aliphatic rings. The van der Waals surface area contributed by atoms with E-state index in [9.17, 15) is 0 Å². The van der Waals surface area contributed by atoms with E-state index in [0.29, 0.717) is 30.3 Å². The minimum Gasteiger partial charge on any atom is -1.00 e. The maximum Gasteiger partial charge on any atom is 0.231 e. The molecule has 2 unspecified atom stereocenters. The zero-order chi connectivity index (χ0) is 33.6. The minimum absolute atomic E-state index is 0. The summed E-state index contributed by atoms with van der Waals surface area (Å²) in [5.41, 5.74) is 10.6. The fraction of sp³-hybridized carbons (Fsp3) is 0.350. The van der Waals surface area contributed by atoms with Gasteiger partial charge in [0.15, 0.2) is 23.0 Å². The van der Waals surface area contributed by atoms with E-state index in [0.717, 1.165) is 52.5 Å². The van der Waals surface area contributed by atoms with Crippen LogP contribution in [0.15, 0.2) is 89.4 Å². The monoisotopic (exact) mass is 729 g/mol. The number of quaternary nitrogens is 1. The number of hydrogen-bond donors (Lipinski definition) is 1. The van der Waals surface area contributed by atoms with Crippen LogP contribution in [0.25, 0.3) is 5.70 Å². The Labute approximate surface area is 299 Å². The van der Waals surface area contributed by atoms with Crippen LogP contribution in [-0.2, 0) is 34.3 Å². The Morgan fingerprint density at radius 1 is 0.816 bits per heavy atom. The van der Waals surface area contributed by atoms with Gasteiger partial charge in [-0.2, -0.15) is 0 Å². The summed E-state index contributed by atoms with van der Waals surface area (Å²) in [5, 5.41) is 0. The van der Waals surface area contributed by atoms with Gasteiger partial charge in [-0.15, -0.1) is 0 Å². The van der Waals surface area contributed by atoms with Crippen molar-refractivity contribution >= 4 is 5.70 Å². The molecule has 0 radical (unpaired) electrons. The molecule has 0 saturated carbocycles. The zero-order valence-corrected chi connectivity index (χ0v) is 30.8. The van der Waals surface area contributed by atoms with Crippen molar-refractivity contribution in [2.75, 3.05) is 41.8 Å². The smallest absolute Gasteiger partial charge is 0.231 e. The zero-order valence-electron chi connectivity index (χ0n) is 29.2. The number of rotatable bonds is 9. The average molecular weight is 731 g/mol. The van der Waals surface area contributed by atoms with Gasteiger partial charge < -0.3 is 50.1 Å². The molecule has 9 heteroatoms. The summed E-state index contributed by atoms with van der Waals surface area (Å²) in [5.74, 6) is 4.19. The minimum atomic E-state index is -0.362. The summed E-state index contributed by atoms with van der Waals surface area (Å²) in [6, 6.07) is 17.1. The molecule has 0 amide bonds. The number of hydrogen-bond acceptors (Lipinski definition) is 7. The SMILES string of the molecule is COC1=CC=C2C(=C[NH+]3CCc4cc5c(cc4C3=C2Cc2cc(OC)c(OC)c(OC)c2)OCO5)C1OCc1ccc(C(C)(C)C)cc1.[Br-]. The van der Waals surface area contributed by atoms with Crippen molar-refractivity contribution in [3.63, 3.8) is 0 Å². The highest BCUT2D eigenvalue weighted by atomic mass is 79.9. The first kappa shape index (κ1) is 34.7. The van der Waals surface area contributed by atoms with E-state index in [4.69, 9.17) is 33.2 Å². The van der Waals surface area contributed by atoms with Crippen LogP contribution in [-0.4, -0.2) is 47.9 Å². The Hall–Kier alpha value is -4.18. The van der Waals surface area contributed by atoms with Crippen molar-refractivity contribution in [1.29, 1.82) is 0 Å². The average Bonchev–Trinajstić information content (AvgIpc) is 3.56. The van der Waals surface area contributed by atoms with Gasteiger partial charge in [0.2, 0.25) is 12.5 Å². The molecule has 0 aromatic heterocycles. The van der Waals surface area contributed by atoms with Crippen LogP contribution in [0.2, 0.25) is 0 Å². The van der Waals surface area contributed by atoms with E-state index < -0.39 is 0 Å². The Kier molecular flexibility index (Phi) is 9.89. The summed E-state index contributed by atoms with van der Waals surface area (Å²) >= 11 is 0. The van der Waals surface area contributed by atoms with E-state index in [-0.39, 0.29) is 35.3 Å². The van der Waals surface area contributed by atoms with Gasteiger partial charge in [0.25, 0.3) is 0 Å². The van der Waals surface area contributed by atoms with Crippen molar-refractivity contribution < 1.29 is 55.0 Å². The van der Waals surface area contributed by atoms with Crippen LogP contribution in [0.4, 0.5) is 0 Å². The molecular weight excluding hydrogens is 686 g/mol. The van der Waals surface area contributed by atoms with Gasteiger partial charge in [-0.25, -0.2) is 0 Å². The number of nitrogens with one attached hydrogen (secondary N) is 1. The van der Waals surface area contributed by atoms with Gasteiger partial charge in [-0.1, -0.05) is 51.1 Å². The van der Waals surface area contributed by atoms with Gasteiger partial charge in [0, 0.05) is 29.6 Å². The van der Waals surface area contributed by atoms with Crippen LogP contribution in [0.1, 0.15) is 48.6 Å². The molecule has 49 heavy (non-hydrogen) atoms. The maximum atomic E-state index is 6.75. The summed E-state index contributed by atoms with van der Waals surface area (Å²) in [6.45, 7) is 8.28. The number of allylic oxidation sites excluding steroid dienone is 3. The lowest BCUT2D eigenvalue weighted by Crippen LogP contribution is -3.06. The highest BCUT2D eigenvalue weighted by molar-refractivity contribution is 5.77. The molecule has 0 bridgehead atoms. The van der Waals surface area contributed by atoms with E-state index in [1.165, 1.54) is 32.9 Å². The van der Waals surface area contributed by atoms with E-state index in [1.54, 1.807) is 28.4 Å². The molecule has 0 saturated heterocycles. The standard InChI is InChI=1S/C40H43NO7.BrH/c1-40(2,3)27-10-8-24(9-11-27)22-46-38-31-21-41-15-14-26-19-33-34(48-23-47-33)20-29(26)37(41)30(28(31)12-13-32(38)42-4)16-25-17-35(43-5)39(45-7)36(18-25)44-6;/h8-13,17-21,38H,14-16,22-23H2,1-7H3;1H. The number of ether oxygens (including phenoxy) is 7. The lowest BCUT2D eigenvalue weighted by Gasteiger charge is -2.36. The molecule has 258 valence electrons. The molecule has 8 nitrogen and oxygen atoms in total. The summed E-state index contributed by atoms with van der Waals surface area (Å²) in [4.78, 5) is 1.27. The predicted octanol–water partition coefficient (Wildman–Crippen LogP) is 3.09. The fourth-order valence-corrected chi connectivity index (χ4v) is 7.14. The van der Waals surface area contributed by atoms with Crippen molar-refractivity contribution in [2.24, 2.45) is 0 Å². The molecule has 3 heterocycles. The van der Waals surface area contributed by atoms with Crippen molar-refractivity contribution in [3.8, 4) is 28.7 Å². The van der Waals surface area contributed by atoms with Gasteiger partial charge in [-0.05, 0) is 63.6 Å². The second kappa shape index (κ2) is 14.0. The van der Waals surface area contributed by atoms with Gasteiger partial charge >= 0.3 is 0 Å². The highest BCUT2D eigenvalue weighted by Gasteiger charge is 2.41. The molecule has 0 spiro atoms. The number of fused-ring (bicyclic) bond motifs is 5. The normalized spacial score (nSPS) is 19.0. The second-order valence-corrected chi connectivity index (χ2v) is 13.5. The molecule has 3 aromatic rings. The Balaban J connectivity index is 0.00000417. The lowest BCUT2D eigenvalue weighted by molar-refractivity contribution is -0.771. The van der Waals surface area contributed by atoms with E-state index in [1.807, 2.05) is 18.2 Å². The van der Waals surface area contributed by atoms with Crippen LogP contribution in [0.3, 0.4) is 0 Å². The van der Waals surface area contributed by atoms with Gasteiger partial charge in [0.1, 0.15) is 23.8 Å². The maximum absolute atomic E-state index is 6.75. The molecule has 1 aliphatic carbocycles. The third-order valence-corrected chi connectivity index (χ3v) is 9.65. The first-order chi connectivity index (χ1) is 23.2. The highest BCUT2D eigenvalue weighted by Crippen LogP contribution is 2.44. The van der Waals surface area contributed by atoms with E-state index in [2.05, 4.69) is 69.4 Å². The van der Waals surface area contributed by atoms with Gasteiger partial charge in [0.05, 0.1) is 41.6 Å².